The Morgan fingerprint density at radius 1 is 1.11 bits per heavy atom. The topological polar surface area (TPSA) is 96.5 Å². The number of carbonyl (C=O) groups is 2. The lowest BCUT2D eigenvalue weighted by molar-refractivity contribution is -0.140. The zero-order chi connectivity index (χ0) is 7.02. The molecule has 0 radical (unpaired) electrons. The molecule has 1 aliphatic rings. The average Bonchev–Trinajstić information content (AvgIpc) is 2.39. The molecule has 2 atom stereocenters. The Hall–Kier alpha value is -1.10. The van der Waals surface area contributed by atoms with Crippen LogP contribution in [0.5, 0.6) is 0 Å². The lowest BCUT2D eigenvalue weighted by atomic mass is 10.3. The van der Waals surface area contributed by atoms with E-state index in [1.807, 2.05) is 0 Å². The summed E-state index contributed by atoms with van der Waals surface area (Å²) in [5.41, 5.74) is 0. The summed E-state index contributed by atoms with van der Waals surface area (Å²) in [6, 6.07) is -1.75. The van der Waals surface area contributed by atoms with Crippen molar-refractivity contribution in [3.63, 3.8) is 0 Å². The van der Waals surface area contributed by atoms with E-state index in [0.29, 0.717) is 0 Å². The Kier molecular flexibility index (Phi) is 1.14. The van der Waals surface area contributed by atoms with E-state index in [2.05, 4.69) is 5.32 Å². The summed E-state index contributed by atoms with van der Waals surface area (Å²) in [7, 11) is 0. The first-order chi connectivity index (χ1) is 4.13. The number of hydrogen-bond acceptors (Lipinski definition) is 3. The summed E-state index contributed by atoms with van der Waals surface area (Å²) >= 11 is 0. The Morgan fingerprint density at radius 3 is 1.56 bits per heavy atom. The summed E-state index contributed by atoms with van der Waals surface area (Å²) in [6.07, 6.45) is 0. The molecule has 0 aromatic heterocycles. The number of hydrogen-bond donors (Lipinski definition) is 3. The number of nitrogens with one attached hydrogen (secondary N) is 1. The SMILES string of the molecule is O=C(O)[C@@H]1N[C@H]1C(=O)O. The van der Waals surface area contributed by atoms with E-state index in [9.17, 15) is 9.59 Å². The molecule has 0 aromatic rings. The Balaban J connectivity index is 2.42. The van der Waals surface area contributed by atoms with Gasteiger partial charge in [0, 0.05) is 0 Å². The minimum atomic E-state index is -1.11. The molecular weight excluding hydrogens is 126 g/mol. The number of aliphatic carboxylic acids is 2. The fourth-order valence-corrected chi connectivity index (χ4v) is 0.566. The number of carboxylic acid groups (broad SMARTS) is 2. The van der Waals surface area contributed by atoms with Crippen molar-refractivity contribution in [3.05, 3.63) is 0 Å². The number of carboxylic acids is 2. The maximum atomic E-state index is 9.95. The molecule has 1 aliphatic heterocycles. The van der Waals surface area contributed by atoms with E-state index >= 15 is 0 Å². The molecule has 0 aliphatic carbocycles. The molecule has 0 unspecified atom stereocenters. The van der Waals surface area contributed by atoms with E-state index in [0.717, 1.165) is 0 Å². The third kappa shape index (κ3) is 0.996. The van der Waals surface area contributed by atoms with Crippen LogP contribution in [-0.4, -0.2) is 34.2 Å². The van der Waals surface area contributed by atoms with Gasteiger partial charge in [0.05, 0.1) is 0 Å². The maximum Gasteiger partial charge on any atom is 0.322 e. The molecule has 1 fully saturated rings. The molecule has 0 aromatic carbocycles. The van der Waals surface area contributed by atoms with Crippen LogP contribution in [0.1, 0.15) is 0 Å². The molecule has 0 bridgehead atoms. The van der Waals surface area contributed by atoms with Gasteiger partial charge >= 0.3 is 11.9 Å². The van der Waals surface area contributed by atoms with Gasteiger partial charge in [0.1, 0.15) is 12.1 Å². The van der Waals surface area contributed by atoms with Gasteiger partial charge in [-0.05, 0) is 0 Å². The van der Waals surface area contributed by atoms with Gasteiger partial charge in [0.15, 0.2) is 0 Å². The molecule has 5 heteroatoms. The van der Waals surface area contributed by atoms with Gasteiger partial charge < -0.3 is 10.2 Å². The highest BCUT2D eigenvalue weighted by Gasteiger charge is 2.47. The Bertz CT molecular complexity index is 148. The second-order valence-corrected chi connectivity index (χ2v) is 1.80. The maximum absolute atomic E-state index is 9.95. The van der Waals surface area contributed by atoms with Crippen molar-refractivity contribution in [2.45, 2.75) is 12.1 Å². The third-order valence-corrected chi connectivity index (χ3v) is 1.12. The first-order valence-corrected chi connectivity index (χ1v) is 2.34. The summed E-state index contributed by atoms with van der Waals surface area (Å²) in [5, 5.41) is 18.6. The highest BCUT2D eigenvalue weighted by molar-refractivity contribution is 5.90. The van der Waals surface area contributed by atoms with Crippen LogP contribution in [0.4, 0.5) is 0 Å². The van der Waals surface area contributed by atoms with Crippen molar-refractivity contribution in [1.82, 2.24) is 5.32 Å². The van der Waals surface area contributed by atoms with Crippen LogP contribution in [-0.2, 0) is 9.59 Å². The van der Waals surface area contributed by atoms with Crippen LogP contribution in [0, 0.1) is 0 Å². The van der Waals surface area contributed by atoms with Crippen LogP contribution >= 0.6 is 0 Å². The van der Waals surface area contributed by atoms with Gasteiger partial charge in [-0.3, -0.25) is 14.9 Å². The van der Waals surface area contributed by atoms with E-state index in [-0.39, 0.29) is 0 Å². The summed E-state index contributed by atoms with van der Waals surface area (Å²) in [6.45, 7) is 0. The zero-order valence-electron chi connectivity index (χ0n) is 4.37. The third-order valence-electron chi connectivity index (χ3n) is 1.12. The van der Waals surface area contributed by atoms with Crippen LogP contribution in [0.2, 0.25) is 0 Å². The van der Waals surface area contributed by atoms with Crippen LogP contribution in [0.25, 0.3) is 0 Å². The highest BCUT2D eigenvalue weighted by atomic mass is 16.4. The largest absolute Gasteiger partial charge is 0.480 e. The normalized spacial score (nSPS) is 31.6. The lowest BCUT2D eigenvalue weighted by Crippen LogP contribution is -2.14. The molecule has 9 heavy (non-hydrogen) atoms. The van der Waals surface area contributed by atoms with Gasteiger partial charge in [0.25, 0.3) is 0 Å². The average molecular weight is 131 g/mol. The standard InChI is InChI=1S/C4H5NO4/c6-3(7)1-2(5-1)4(8)9/h1-2,5H,(H,6,7)(H,8,9)/t1-,2-/m1/s1. The van der Waals surface area contributed by atoms with Crippen molar-refractivity contribution in [2.24, 2.45) is 0 Å². The molecule has 1 saturated heterocycles. The monoisotopic (exact) mass is 131 g/mol. The summed E-state index contributed by atoms with van der Waals surface area (Å²) in [4.78, 5) is 19.9. The fourth-order valence-electron chi connectivity index (χ4n) is 0.566. The first kappa shape index (κ1) is 6.03. The van der Waals surface area contributed by atoms with Gasteiger partial charge in [0.2, 0.25) is 0 Å². The molecule has 0 spiro atoms. The molecule has 0 saturated carbocycles. The van der Waals surface area contributed by atoms with Crippen LogP contribution in [0.3, 0.4) is 0 Å². The van der Waals surface area contributed by atoms with E-state index < -0.39 is 24.0 Å². The zero-order valence-corrected chi connectivity index (χ0v) is 4.37. The second-order valence-electron chi connectivity index (χ2n) is 1.80. The molecule has 3 N–H and O–H groups in total. The van der Waals surface area contributed by atoms with Crippen molar-refractivity contribution < 1.29 is 19.8 Å². The predicted octanol–water partition coefficient (Wildman–Crippen LogP) is -1.50. The van der Waals surface area contributed by atoms with Crippen molar-refractivity contribution >= 4 is 11.9 Å². The van der Waals surface area contributed by atoms with Crippen LogP contribution < -0.4 is 5.32 Å². The lowest BCUT2D eigenvalue weighted by Gasteiger charge is -1.81. The molecule has 1 heterocycles. The molecule has 50 valence electrons. The van der Waals surface area contributed by atoms with E-state index in [4.69, 9.17) is 10.2 Å². The fraction of sp³-hybridized carbons (Fsp3) is 0.500. The quantitative estimate of drug-likeness (QED) is 0.396. The molecule has 0 amide bonds. The van der Waals surface area contributed by atoms with Crippen molar-refractivity contribution in [2.75, 3.05) is 0 Å². The summed E-state index contributed by atoms with van der Waals surface area (Å²) < 4.78 is 0. The van der Waals surface area contributed by atoms with Gasteiger partial charge in [-0.2, -0.15) is 0 Å². The minimum Gasteiger partial charge on any atom is -0.480 e. The van der Waals surface area contributed by atoms with Crippen molar-refractivity contribution in [3.8, 4) is 0 Å². The van der Waals surface area contributed by atoms with Crippen LogP contribution in [0.15, 0.2) is 0 Å². The van der Waals surface area contributed by atoms with Gasteiger partial charge in [-0.25, -0.2) is 0 Å². The Labute approximate surface area is 50.3 Å². The molecule has 5 nitrogen and oxygen atoms in total. The predicted molar refractivity (Wildman–Crippen MR) is 26.0 cm³/mol. The smallest absolute Gasteiger partial charge is 0.322 e. The second kappa shape index (κ2) is 1.70. The molecule has 1 rings (SSSR count). The van der Waals surface area contributed by atoms with E-state index in [1.54, 1.807) is 0 Å². The van der Waals surface area contributed by atoms with Gasteiger partial charge in [-0.15, -0.1) is 0 Å². The van der Waals surface area contributed by atoms with Gasteiger partial charge in [-0.1, -0.05) is 0 Å². The minimum absolute atomic E-state index is 0.873. The highest BCUT2D eigenvalue weighted by Crippen LogP contribution is 2.09. The summed E-state index contributed by atoms with van der Waals surface area (Å²) in [5.74, 6) is -2.22. The van der Waals surface area contributed by atoms with E-state index in [1.165, 1.54) is 0 Å². The van der Waals surface area contributed by atoms with Crippen molar-refractivity contribution in [1.29, 1.82) is 0 Å². The first-order valence-electron chi connectivity index (χ1n) is 2.34. The molecular formula is C4H5NO4. The number of rotatable bonds is 2. The Morgan fingerprint density at radius 2 is 1.44 bits per heavy atom.